The van der Waals surface area contributed by atoms with Gasteiger partial charge >= 0.3 is 0 Å². The number of Topliss-reactive ketones (excluding diaryl/α,β-unsaturated/α-hetero) is 1. The standard InChI is InChI=1S/C27H29NO5/c1-2-32-21-12-9-17(10-13-21)24-23(26(30)27(31)28(24)20-7-3-4-8-20)25(29)19-11-14-22-18(16-19)6-5-15-33-22/h9-14,16,20,24,29H,2-8,15H2,1H3/b25-23-. The average molecular weight is 448 g/mol. The van der Waals surface area contributed by atoms with Crippen LogP contribution in [0, 0.1) is 0 Å². The van der Waals surface area contributed by atoms with E-state index < -0.39 is 17.7 Å². The van der Waals surface area contributed by atoms with Crippen LogP contribution in [0.5, 0.6) is 11.5 Å². The molecule has 172 valence electrons. The number of rotatable bonds is 5. The van der Waals surface area contributed by atoms with Crippen molar-refractivity contribution in [3.8, 4) is 11.5 Å². The first-order valence-electron chi connectivity index (χ1n) is 11.9. The third-order valence-corrected chi connectivity index (χ3v) is 6.89. The van der Waals surface area contributed by atoms with Crippen LogP contribution in [0.4, 0.5) is 0 Å². The second-order valence-corrected chi connectivity index (χ2v) is 8.92. The van der Waals surface area contributed by atoms with Crippen molar-refractivity contribution >= 4 is 17.4 Å². The largest absolute Gasteiger partial charge is 0.507 e. The van der Waals surface area contributed by atoms with E-state index in [9.17, 15) is 14.7 Å². The SMILES string of the molecule is CCOc1ccc(C2/C(=C(/O)c3ccc4c(c3)CCCO4)C(=O)C(=O)N2C2CCCC2)cc1. The Morgan fingerprint density at radius 1 is 1.09 bits per heavy atom. The maximum Gasteiger partial charge on any atom is 0.295 e. The van der Waals surface area contributed by atoms with E-state index >= 15 is 0 Å². The average Bonchev–Trinajstić information content (AvgIpc) is 3.46. The molecule has 3 aliphatic rings. The quantitative estimate of drug-likeness (QED) is 0.406. The molecule has 1 aliphatic carbocycles. The minimum atomic E-state index is -0.618. The highest BCUT2D eigenvalue weighted by molar-refractivity contribution is 6.46. The van der Waals surface area contributed by atoms with E-state index in [0.717, 1.165) is 61.2 Å². The summed E-state index contributed by atoms with van der Waals surface area (Å²) in [5, 5.41) is 11.4. The molecule has 0 radical (unpaired) electrons. The van der Waals surface area contributed by atoms with Crippen molar-refractivity contribution in [2.24, 2.45) is 0 Å². The summed E-state index contributed by atoms with van der Waals surface area (Å²) in [6.45, 7) is 3.16. The summed E-state index contributed by atoms with van der Waals surface area (Å²) in [6, 6.07) is 12.3. The minimum absolute atomic E-state index is 0.000233. The lowest BCUT2D eigenvalue weighted by atomic mass is 9.93. The Balaban J connectivity index is 1.61. The number of ketones is 1. The summed E-state index contributed by atoms with van der Waals surface area (Å²) in [7, 11) is 0. The van der Waals surface area contributed by atoms with Gasteiger partial charge in [0.15, 0.2) is 0 Å². The lowest BCUT2D eigenvalue weighted by Crippen LogP contribution is -2.37. The van der Waals surface area contributed by atoms with Crippen molar-refractivity contribution in [2.75, 3.05) is 13.2 Å². The van der Waals surface area contributed by atoms with Crippen molar-refractivity contribution in [1.29, 1.82) is 0 Å². The normalized spacial score (nSPS) is 22.3. The predicted octanol–water partition coefficient (Wildman–Crippen LogP) is 4.77. The highest BCUT2D eigenvalue weighted by Crippen LogP contribution is 2.44. The maximum absolute atomic E-state index is 13.3. The second kappa shape index (κ2) is 8.93. The van der Waals surface area contributed by atoms with E-state index in [-0.39, 0.29) is 17.4 Å². The first kappa shape index (κ1) is 21.6. The van der Waals surface area contributed by atoms with E-state index in [4.69, 9.17) is 9.47 Å². The molecule has 0 aromatic heterocycles. The number of carbonyl (C=O) groups excluding carboxylic acids is 2. The third kappa shape index (κ3) is 3.88. The number of likely N-dealkylation sites (tertiary alicyclic amines) is 1. The van der Waals surface area contributed by atoms with Crippen LogP contribution < -0.4 is 9.47 Å². The van der Waals surface area contributed by atoms with Crippen LogP contribution in [-0.2, 0) is 16.0 Å². The highest BCUT2D eigenvalue weighted by atomic mass is 16.5. The van der Waals surface area contributed by atoms with E-state index in [0.29, 0.717) is 18.8 Å². The van der Waals surface area contributed by atoms with Crippen molar-refractivity contribution in [1.82, 2.24) is 4.90 Å². The van der Waals surface area contributed by atoms with Crippen molar-refractivity contribution in [3.05, 3.63) is 64.7 Å². The number of carbonyl (C=O) groups is 2. The van der Waals surface area contributed by atoms with Gasteiger partial charge in [0.2, 0.25) is 0 Å². The van der Waals surface area contributed by atoms with Gasteiger partial charge in [-0.15, -0.1) is 0 Å². The molecule has 2 heterocycles. The molecule has 33 heavy (non-hydrogen) atoms. The van der Waals surface area contributed by atoms with Crippen molar-refractivity contribution in [3.63, 3.8) is 0 Å². The Morgan fingerprint density at radius 2 is 1.85 bits per heavy atom. The van der Waals surface area contributed by atoms with Gasteiger partial charge in [-0.1, -0.05) is 25.0 Å². The fraction of sp³-hybridized carbons (Fsp3) is 0.407. The summed E-state index contributed by atoms with van der Waals surface area (Å²) in [6.07, 6.45) is 5.58. The number of aliphatic hydroxyl groups is 1. The Hall–Kier alpha value is -3.28. The molecular weight excluding hydrogens is 418 g/mol. The van der Waals surface area contributed by atoms with Gasteiger partial charge < -0.3 is 19.5 Å². The molecule has 6 heteroatoms. The molecule has 2 aliphatic heterocycles. The van der Waals surface area contributed by atoms with Gasteiger partial charge in [-0.3, -0.25) is 9.59 Å². The van der Waals surface area contributed by atoms with E-state index in [1.165, 1.54) is 0 Å². The van der Waals surface area contributed by atoms with E-state index in [2.05, 4.69) is 0 Å². The number of hydrogen-bond donors (Lipinski definition) is 1. The molecule has 5 rings (SSSR count). The van der Waals surface area contributed by atoms with E-state index in [1.54, 1.807) is 11.0 Å². The lowest BCUT2D eigenvalue weighted by molar-refractivity contribution is -0.141. The number of benzene rings is 2. The molecule has 1 saturated heterocycles. The lowest BCUT2D eigenvalue weighted by Gasteiger charge is -2.31. The Kier molecular flexibility index (Phi) is 5.83. The maximum atomic E-state index is 13.3. The van der Waals surface area contributed by atoms with E-state index in [1.807, 2.05) is 43.3 Å². The molecule has 2 aromatic carbocycles. The smallest absolute Gasteiger partial charge is 0.295 e. The van der Waals surface area contributed by atoms with Crippen LogP contribution in [0.2, 0.25) is 0 Å². The van der Waals surface area contributed by atoms with Crippen LogP contribution in [0.25, 0.3) is 5.76 Å². The van der Waals surface area contributed by atoms with Gasteiger partial charge in [0.25, 0.3) is 11.7 Å². The summed E-state index contributed by atoms with van der Waals surface area (Å²) in [5.74, 6) is 0.276. The van der Waals surface area contributed by atoms with Crippen LogP contribution in [-0.4, -0.2) is 41.0 Å². The number of aryl methyl sites for hydroxylation is 1. The number of fused-ring (bicyclic) bond motifs is 1. The number of ether oxygens (including phenoxy) is 2. The van der Waals surface area contributed by atoms with Crippen molar-refractivity contribution in [2.45, 2.75) is 57.5 Å². The molecule has 2 fully saturated rings. The highest BCUT2D eigenvalue weighted by Gasteiger charge is 2.49. The van der Waals surface area contributed by atoms with Gasteiger partial charge in [-0.05, 0) is 74.1 Å². The second-order valence-electron chi connectivity index (χ2n) is 8.92. The van der Waals surface area contributed by atoms with Crippen LogP contribution in [0.15, 0.2) is 48.0 Å². The monoisotopic (exact) mass is 447 g/mol. The minimum Gasteiger partial charge on any atom is -0.507 e. The molecule has 0 spiro atoms. The zero-order valence-corrected chi connectivity index (χ0v) is 18.9. The molecule has 2 aromatic rings. The molecule has 1 amide bonds. The molecule has 1 saturated carbocycles. The number of nitrogens with zero attached hydrogens (tertiary/aromatic N) is 1. The van der Waals surface area contributed by atoms with Crippen molar-refractivity contribution < 1.29 is 24.2 Å². The third-order valence-electron chi connectivity index (χ3n) is 6.89. The summed E-state index contributed by atoms with van der Waals surface area (Å²) in [5.41, 5.74) is 2.51. The van der Waals surface area contributed by atoms with Crippen LogP contribution in [0.1, 0.15) is 61.8 Å². The summed E-state index contributed by atoms with van der Waals surface area (Å²) < 4.78 is 11.3. The fourth-order valence-electron chi connectivity index (χ4n) is 5.31. The summed E-state index contributed by atoms with van der Waals surface area (Å²) >= 11 is 0. The first-order valence-corrected chi connectivity index (χ1v) is 11.9. The first-order chi connectivity index (χ1) is 16.1. The van der Waals surface area contributed by atoms with Crippen LogP contribution >= 0.6 is 0 Å². The predicted molar refractivity (Wildman–Crippen MR) is 124 cm³/mol. The zero-order chi connectivity index (χ0) is 22.9. The topological polar surface area (TPSA) is 76.1 Å². The van der Waals surface area contributed by atoms with Gasteiger partial charge in [0.1, 0.15) is 17.3 Å². The Labute approximate surface area is 193 Å². The summed E-state index contributed by atoms with van der Waals surface area (Å²) in [4.78, 5) is 28.2. The number of hydrogen-bond acceptors (Lipinski definition) is 5. The van der Waals surface area contributed by atoms with Gasteiger partial charge in [-0.2, -0.15) is 0 Å². The zero-order valence-electron chi connectivity index (χ0n) is 18.9. The van der Waals surface area contributed by atoms with Gasteiger partial charge in [-0.25, -0.2) is 0 Å². The van der Waals surface area contributed by atoms with Gasteiger partial charge in [0.05, 0.1) is 24.8 Å². The number of amides is 1. The molecular formula is C27H29NO5. The molecule has 6 nitrogen and oxygen atoms in total. The molecule has 1 N–H and O–H groups in total. The molecule has 1 unspecified atom stereocenters. The number of aliphatic hydroxyl groups excluding tert-OH is 1. The molecule has 1 atom stereocenters. The Morgan fingerprint density at radius 3 is 2.58 bits per heavy atom. The Bertz CT molecular complexity index is 1100. The molecule has 0 bridgehead atoms. The van der Waals surface area contributed by atoms with Gasteiger partial charge in [0, 0.05) is 11.6 Å². The fourth-order valence-corrected chi connectivity index (χ4v) is 5.31. The van der Waals surface area contributed by atoms with Crippen LogP contribution in [0.3, 0.4) is 0 Å².